The summed E-state index contributed by atoms with van der Waals surface area (Å²) in [5.74, 6) is -0.683. The summed E-state index contributed by atoms with van der Waals surface area (Å²) in [6.07, 6.45) is 0. The van der Waals surface area contributed by atoms with Gasteiger partial charge in [-0.05, 0) is 26.1 Å². The van der Waals surface area contributed by atoms with Gasteiger partial charge in [0, 0.05) is 37.3 Å². The van der Waals surface area contributed by atoms with E-state index in [0.717, 1.165) is 0 Å². The van der Waals surface area contributed by atoms with Gasteiger partial charge in [-0.15, -0.1) is 0 Å². The van der Waals surface area contributed by atoms with Crippen molar-refractivity contribution in [2.75, 3.05) is 46.9 Å². The largest absolute Gasteiger partial charge is 0.378 e. The van der Waals surface area contributed by atoms with Gasteiger partial charge in [0.15, 0.2) is 0 Å². The minimum absolute atomic E-state index is 0.0322. The number of morpholine rings is 1. The fourth-order valence-electron chi connectivity index (χ4n) is 2.77. The maximum atomic E-state index is 13.9. The lowest BCUT2D eigenvalue weighted by atomic mass is 10.1. The first-order valence-corrected chi connectivity index (χ1v) is 8.92. The molecule has 8 heteroatoms. The van der Waals surface area contributed by atoms with Gasteiger partial charge in [-0.2, -0.15) is 0 Å². The van der Waals surface area contributed by atoms with E-state index in [1.165, 1.54) is 17.0 Å². The smallest absolute Gasteiger partial charge is 0.239 e. The minimum Gasteiger partial charge on any atom is -0.378 e. The number of amides is 2. The third-order valence-electron chi connectivity index (χ3n) is 4.60. The van der Waals surface area contributed by atoms with Gasteiger partial charge in [0.1, 0.15) is 5.82 Å². The lowest BCUT2D eigenvalue weighted by Gasteiger charge is -2.31. The molecule has 1 aliphatic heterocycles. The zero-order chi connectivity index (χ0) is 19.3. The van der Waals surface area contributed by atoms with Crippen LogP contribution >= 0.6 is 11.6 Å². The second kappa shape index (κ2) is 9.30. The van der Waals surface area contributed by atoms with Crippen LogP contribution in [0.4, 0.5) is 4.39 Å². The first-order chi connectivity index (χ1) is 12.3. The van der Waals surface area contributed by atoms with E-state index in [-0.39, 0.29) is 35.5 Å². The van der Waals surface area contributed by atoms with Crippen LogP contribution in [0.5, 0.6) is 0 Å². The average molecular weight is 386 g/mol. The fraction of sp³-hybridized carbons (Fsp3) is 0.556. The molecule has 1 atom stereocenters. The Hall–Kier alpha value is -1.70. The Bertz CT molecular complexity index is 632. The van der Waals surface area contributed by atoms with Crippen molar-refractivity contribution in [3.8, 4) is 0 Å². The summed E-state index contributed by atoms with van der Waals surface area (Å²) in [5.41, 5.74) is 0.282. The number of hydrogen-bond acceptors (Lipinski definition) is 4. The summed E-state index contributed by atoms with van der Waals surface area (Å²) in [6, 6.07) is 3.91. The van der Waals surface area contributed by atoms with E-state index in [4.69, 9.17) is 16.3 Å². The molecular formula is C18H25ClFN3O3. The van der Waals surface area contributed by atoms with E-state index in [1.807, 2.05) is 0 Å². The Labute approximate surface area is 158 Å². The number of carbonyl (C=O) groups is 2. The van der Waals surface area contributed by atoms with Crippen LogP contribution in [0, 0.1) is 5.82 Å². The molecule has 0 aromatic heterocycles. The van der Waals surface area contributed by atoms with Gasteiger partial charge in [-0.3, -0.25) is 14.5 Å². The van der Waals surface area contributed by atoms with Crippen LogP contribution in [-0.4, -0.2) is 79.5 Å². The highest BCUT2D eigenvalue weighted by atomic mass is 35.5. The second-order valence-corrected chi connectivity index (χ2v) is 6.89. The lowest BCUT2D eigenvalue weighted by molar-refractivity contribution is -0.140. The average Bonchev–Trinajstić information content (AvgIpc) is 2.64. The van der Waals surface area contributed by atoms with Crippen LogP contribution in [0.2, 0.25) is 5.02 Å². The lowest BCUT2D eigenvalue weighted by Crippen LogP contribution is -2.50. The summed E-state index contributed by atoms with van der Waals surface area (Å²) in [7, 11) is 3.32. The van der Waals surface area contributed by atoms with Crippen molar-refractivity contribution >= 4 is 23.4 Å². The quantitative estimate of drug-likeness (QED) is 0.746. The molecule has 0 bridgehead atoms. The molecule has 0 radical (unpaired) electrons. The first kappa shape index (κ1) is 20.6. The molecule has 6 nitrogen and oxygen atoms in total. The molecular weight excluding hydrogens is 361 g/mol. The predicted molar refractivity (Wildman–Crippen MR) is 97.4 cm³/mol. The molecule has 0 aliphatic carbocycles. The molecule has 2 rings (SSSR count). The zero-order valence-corrected chi connectivity index (χ0v) is 16.1. The van der Waals surface area contributed by atoms with Crippen LogP contribution < -0.4 is 0 Å². The standard InChI is InChI=1S/C18H25ClFN3O3/c1-13(21(2)12-17(24)23-7-9-26-10-8-23)18(25)22(3)11-14-15(19)5-4-6-16(14)20/h4-6,13H,7-12H2,1-3H3. The van der Waals surface area contributed by atoms with Crippen molar-refractivity contribution in [1.29, 1.82) is 0 Å². The van der Waals surface area contributed by atoms with Crippen molar-refractivity contribution in [1.82, 2.24) is 14.7 Å². The van der Waals surface area contributed by atoms with Crippen LogP contribution in [0.1, 0.15) is 12.5 Å². The number of rotatable bonds is 6. The SMILES string of the molecule is CC(C(=O)N(C)Cc1c(F)cccc1Cl)N(C)CC(=O)N1CCOCC1. The highest BCUT2D eigenvalue weighted by molar-refractivity contribution is 6.31. The number of hydrogen-bond donors (Lipinski definition) is 0. The Morgan fingerprint density at radius 3 is 2.58 bits per heavy atom. The minimum atomic E-state index is -0.518. The van der Waals surface area contributed by atoms with Crippen LogP contribution in [-0.2, 0) is 20.9 Å². The summed E-state index contributed by atoms with van der Waals surface area (Å²) in [5, 5.41) is 0.285. The summed E-state index contributed by atoms with van der Waals surface area (Å²) in [4.78, 5) is 29.8. The fourth-order valence-corrected chi connectivity index (χ4v) is 2.99. The third-order valence-corrected chi connectivity index (χ3v) is 4.95. The van der Waals surface area contributed by atoms with Crippen molar-refractivity contribution in [2.45, 2.75) is 19.5 Å². The Balaban J connectivity index is 1.93. The number of benzene rings is 1. The van der Waals surface area contributed by atoms with Crippen LogP contribution in [0.15, 0.2) is 18.2 Å². The van der Waals surface area contributed by atoms with Gasteiger partial charge < -0.3 is 14.5 Å². The number of halogens is 2. The van der Waals surface area contributed by atoms with Crippen LogP contribution in [0.3, 0.4) is 0 Å². The van der Waals surface area contributed by atoms with Gasteiger partial charge in [0.2, 0.25) is 11.8 Å². The van der Waals surface area contributed by atoms with Gasteiger partial charge in [-0.1, -0.05) is 17.7 Å². The molecule has 144 valence electrons. The van der Waals surface area contributed by atoms with Gasteiger partial charge in [0.25, 0.3) is 0 Å². The predicted octanol–water partition coefficient (Wildman–Crippen LogP) is 1.62. The molecule has 1 aromatic rings. The zero-order valence-electron chi connectivity index (χ0n) is 15.4. The Morgan fingerprint density at radius 2 is 1.96 bits per heavy atom. The summed E-state index contributed by atoms with van der Waals surface area (Å²) in [6.45, 7) is 4.16. The highest BCUT2D eigenvalue weighted by Gasteiger charge is 2.26. The van der Waals surface area contributed by atoms with E-state index in [9.17, 15) is 14.0 Å². The van der Waals surface area contributed by atoms with E-state index in [1.54, 1.807) is 36.9 Å². The first-order valence-electron chi connectivity index (χ1n) is 8.55. The molecule has 1 fully saturated rings. The van der Waals surface area contributed by atoms with Crippen LogP contribution in [0.25, 0.3) is 0 Å². The number of likely N-dealkylation sites (N-methyl/N-ethyl adjacent to an activating group) is 2. The topological polar surface area (TPSA) is 53.1 Å². The van der Waals surface area contributed by atoms with Crippen molar-refractivity contribution in [3.05, 3.63) is 34.6 Å². The van der Waals surface area contributed by atoms with E-state index >= 15 is 0 Å². The number of carbonyl (C=O) groups excluding carboxylic acids is 2. The monoisotopic (exact) mass is 385 g/mol. The summed E-state index contributed by atoms with van der Waals surface area (Å²) < 4.78 is 19.2. The molecule has 0 N–H and O–H groups in total. The van der Waals surface area contributed by atoms with Gasteiger partial charge in [0.05, 0.1) is 25.8 Å². The number of ether oxygens (including phenoxy) is 1. The maximum absolute atomic E-state index is 13.9. The second-order valence-electron chi connectivity index (χ2n) is 6.48. The van der Waals surface area contributed by atoms with E-state index in [2.05, 4.69) is 0 Å². The van der Waals surface area contributed by atoms with E-state index < -0.39 is 11.9 Å². The molecule has 26 heavy (non-hydrogen) atoms. The van der Waals surface area contributed by atoms with E-state index in [0.29, 0.717) is 26.3 Å². The summed E-state index contributed by atoms with van der Waals surface area (Å²) >= 11 is 6.03. The molecule has 1 saturated heterocycles. The number of nitrogens with zero attached hydrogens (tertiary/aromatic N) is 3. The Morgan fingerprint density at radius 1 is 1.31 bits per heavy atom. The molecule has 0 spiro atoms. The van der Waals surface area contributed by atoms with Crippen molar-refractivity contribution in [3.63, 3.8) is 0 Å². The molecule has 0 saturated carbocycles. The Kier molecular flexibility index (Phi) is 7.37. The maximum Gasteiger partial charge on any atom is 0.239 e. The van der Waals surface area contributed by atoms with Crippen molar-refractivity contribution < 1.29 is 18.7 Å². The molecule has 1 aromatic carbocycles. The highest BCUT2D eigenvalue weighted by Crippen LogP contribution is 2.20. The normalized spacial score (nSPS) is 15.8. The van der Waals surface area contributed by atoms with Crippen molar-refractivity contribution in [2.24, 2.45) is 0 Å². The van der Waals surface area contributed by atoms with Gasteiger partial charge >= 0.3 is 0 Å². The molecule has 2 amide bonds. The molecule has 1 heterocycles. The van der Waals surface area contributed by atoms with Gasteiger partial charge in [-0.25, -0.2) is 4.39 Å². The third kappa shape index (κ3) is 5.16. The molecule has 1 unspecified atom stereocenters. The molecule has 1 aliphatic rings.